The van der Waals surface area contributed by atoms with Crippen molar-refractivity contribution >= 4 is 28.6 Å². The molecule has 0 aromatic carbocycles. The Morgan fingerprint density at radius 1 is 1.33 bits per heavy atom. The van der Waals surface area contributed by atoms with Gasteiger partial charge in [-0.3, -0.25) is 9.79 Å². The van der Waals surface area contributed by atoms with Crippen molar-refractivity contribution in [3.63, 3.8) is 0 Å². The van der Waals surface area contributed by atoms with E-state index in [1.807, 2.05) is 13.0 Å². The van der Waals surface area contributed by atoms with Crippen molar-refractivity contribution < 1.29 is 0 Å². The van der Waals surface area contributed by atoms with Gasteiger partial charge in [-0.05, 0) is 54.5 Å². The van der Waals surface area contributed by atoms with Crippen LogP contribution in [0.3, 0.4) is 0 Å². The quantitative estimate of drug-likeness (QED) is 0.564. The van der Waals surface area contributed by atoms with Crippen LogP contribution >= 0.6 is 11.6 Å². The number of aliphatic imine (C=N–C) groups is 1. The lowest BCUT2D eigenvalue weighted by atomic mass is 9.89. The summed E-state index contributed by atoms with van der Waals surface area (Å²) in [4.78, 5) is 28.7. The molecule has 1 N–H and O–H groups in total. The summed E-state index contributed by atoms with van der Waals surface area (Å²) >= 11 is 6.05. The number of rotatable bonds is 5. The number of halogens is 1. The summed E-state index contributed by atoms with van der Waals surface area (Å²) in [6.07, 6.45) is 4.11. The number of aromatic nitrogens is 3. The molecule has 1 atom stereocenters. The van der Waals surface area contributed by atoms with Gasteiger partial charge in [-0.1, -0.05) is 34.6 Å². The largest absolute Gasteiger partial charge is 0.329 e. The molecule has 2 aromatic rings. The van der Waals surface area contributed by atoms with Gasteiger partial charge in [0.05, 0.1) is 17.0 Å². The van der Waals surface area contributed by atoms with Gasteiger partial charge in [0.15, 0.2) is 0 Å². The number of hydrogen-bond donors (Lipinski definition) is 1. The summed E-state index contributed by atoms with van der Waals surface area (Å²) < 4.78 is 0. The van der Waals surface area contributed by atoms with Crippen molar-refractivity contribution in [3.8, 4) is 0 Å². The molecule has 2 rings (SSSR count). The Hall–Kier alpha value is -2.27. The van der Waals surface area contributed by atoms with Gasteiger partial charge in [0, 0.05) is 23.7 Å². The lowest BCUT2D eigenvalue weighted by molar-refractivity contribution is 0.588. The number of allylic oxidation sites excluding steroid dienone is 1. The molecular formula is C21H27ClN4O. The first kappa shape index (κ1) is 21.0. The van der Waals surface area contributed by atoms with Crippen LogP contribution in [0.1, 0.15) is 59.2 Å². The third kappa shape index (κ3) is 5.13. The SMILES string of the molecule is CCC(C)/C(=C(\N=C(C)C(C)(C)C)c1ccc[nH]c1=O)c1ccnc(Cl)n1. The minimum atomic E-state index is -0.182. The van der Waals surface area contributed by atoms with E-state index in [4.69, 9.17) is 16.6 Å². The Balaban J connectivity index is 2.92. The zero-order chi connectivity index (χ0) is 20.2. The van der Waals surface area contributed by atoms with Crippen LogP contribution in [0.15, 0.2) is 40.4 Å². The van der Waals surface area contributed by atoms with Crippen LogP contribution in [0, 0.1) is 11.3 Å². The number of aromatic amines is 1. The summed E-state index contributed by atoms with van der Waals surface area (Å²) in [6.45, 7) is 12.5. The maximum absolute atomic E-state index is 12.6. The van der Waals surface area contributed by atoms with E-state index >= 15 is 0 Å². The monoisotopic (exact) mass is 386 g/mol. The highest BCUT2D eigenvalue weighted by Gasteiger charge is 2.22. The van der Waals surface area contributed by atoms with Gasteiger partial charge in [0.1, 0.15) is 0 Å². The normalized spacial score (nSPS) is 14.7. The molecule has 0 radical (unpaired) electrons. The fourth-order valence-corrected chi connectivity index (χ4v) is 2.65. The van der Waals surface area contributed by atoms with E-state index in [0.717, 1.165) is 17.7 Å². The molecule has 2 heterocycles. The second kappa shape index (κ2) is 8.61. The predicted molar refractivity (Wildman–Crippen MR) is 113 cm³/mol. The van der Waals surface area contributed by atoms with Crippen LogP contribution in [0.2, 0.25) is 5.28 Å². The molecule has 5 nitrogen and oxygen atoms in total. The number of nitrogens with zero attached hydrogens (tertiary/aromatic N) is 3. The molecule has 1 unspecified atom stereocenters. The van der Waals surface area contributed by atoms with E-state index in [0.29, 0.717) is 17.0 Å². The zero-order valence-corrected chi connectivity index (χ0v) is 17.6. The summed E-state index contributed by atoms with van der Waals surface area (Å²) in [5.41, 5.74) is 3.35. The number of hydrogen-bond acceptors (Lipinski definition) is 4. The highest BCUT2D eigenvalue weighted by molar-refractivity contribution is 6.28. The van der Waals surface area contributed by atoms with E-state index < -0.39 is 0 Å². The second-order valence-electron chi connectivity index (χ2n) is 7.64. The molecule has 0 aliphatic heterocycles. The molecule has 0 aliphatic rings. The molecule has 27 heavy (non-hydrogen) atoms. The highest BCUT2D eigenvalue weighted by Crippen LogP contribution is 2.34. The molecule has 0 saturated heterocycles. The standard InChI is InChI=1S/C21H27ClN4O/c1-7-13(2)17(16-10-12-24-20(22)26-16)18(25-14(3)21(4,5)6)15-9-8-11-23-19(15)27/h8-13H,7H2,1-6H3,(H,23,27)/b18-17+,25-14?. The first-order chi connectivity index (χ1) is 12.6. The molecule has 0 saturated carbocycles. The number of H-pyrrole nitrogens is 1. The lowest BCUT2D eigenvalue weighted by Crippen LogP contribution is -2.19. The molecule has 2 aromatic heterocycles. The molecule has 0 amide bonds. The van der Waals surface area contributed by atoms with Crippen LogP contribution in [0.5, 0.6) is 0 Å². The fourth-order valence-electron chi connectivity index (χ4n) is 2.51. The van der Waals surface area contributed by atoms with Gasteiger partial charge in [-0.15, -0.1) is 0 Å². The molecule has 0 spiro atoms. The smallest absolute Gasteiger partial charge is 0.257 e. The molecule has 0 bridgehead atoms. The van der Waals surface area contributed by atoms with Crippen molar-refractivity contribution in [1.29, 1.82) is 0 Å². The third-order valence-electron chi connectivity index (χ3n) is 4.70. The highest BCUT2D eigenvalue weighted by atomic mass is 35.5. The molecule has 0 aliphatic carbocycles. The Bertz CT molecular complexity index is 922. The summed E-state index contributed by atoms with van der Waals surface area (Å²) in [7, 11) is 0. The summed E-state index contributed by atoms with van der Waals surface area (Å²) in [5.74, 6) is 0.127. The van der Waals surface area contributed by atoms with Crippen molar-refractivity contribution in [2.45, 2.75) is 48.0 Å². The predicted octanol–water partition coefficient (Wildman–Crippen LogP) is 5.24. The van der Waals surface area contributed by atoms with Gasteiger partial charge < -0.3 is 4.98 Å². The van der Waals surface area contributed by atoms with E-state index in [1.54, 1.807) is 24.5 Å². The average molecular weight is 387 g/mol. The number of nitrogens with one attached hydrogen (secondary N) is 1. The Labute approximate surface area is 165 Å². The summed E-state index contributed by atoms with van der Waals surface area (Å²) in [6, 6.07) is 5.41. The zero-order valence-electron chi connectivity index (χ0n) is 16.8. The van der Waals surface area contributed by atoms with Gasteiger partial charge in [-0.2, -0.15) is 0 Å². The minimum absolute atomic E-state index is 0.127. The van der Waals surface area contributed by atoms with Gasteiger partial charge in [0.2, 0.25) is 5.28 Å². The maximum atomic E-state index is 12.6. The Kier molecular flexibility index (Phi) is 6.71. The summed E-state index contributed by atoms with van der Waals surface area (Å²) in [5, 5.41) is 0.172. The van der Waals surface area contributed by atoms with E-state index in [9.17, 15) is 4.79 Å². The minimum Gasteiger partial charge on any atom is -0.329 e. The van der Waals surface area contributed by atoms with Crippen LogP contribution in [0.25, 0.3) is 11.3 Å². The van der Waals surface area contributed by atoms with E-state index in [1.165, 1.54) is 0 Å². The Morgan fingerprint density at radius 3 is 2.59 bits per heavy atom. The topological polar surface area (TPSA) is 71.0 Å². The Morgan fingerprint density at radius 2 is 2.04 bits per heavy atom. The third-order valence-corrected chi connectivity index (χ3v) is 4.88. The first-order valence-electron chi connectivity index (χ1n) is 9.12. The van der Waals surface area contributed by atoms with Crippen LogP contribution in [-0.2, 0) is 0 Å². The van der Waals surface area contributed by atoms with Crippen molar-refractivity contribution in [3.05, 3.63) is 57.5 Å². The van der Waals surface area contributed by atoms with Crippen molar-refractivity contribution in [2.75, 3.05) is 0 Å². The van der Waals surface area contributed by atoms with E-state index in [2.05, 4.69) is 49.6 Å². The maximum Gasteiger partial charge on any atom is 0.257 e. The van der Waals surface area contributed by atoms with Crippen LogP contribution in [0.4, 0.5) is 0 Å². The van der Waals surface area contributed by atoms with E-state index in [-0.39, 0.29) is 22.2 Å². The molecular weight excluding hydrogens is 360 g/mol. The van der Waals surface area contributed by atoms with Gasteiger partial charge in [-0.25, -0.2) is 9.97 Å². The lowest BCUT2D eigenvalue weighted by Gasteiger charge is -2.22. The van der Waals surface area contributed by atoms with Crippen molar-refractivity contribution in [2.24, 2.45) is 16.3 Å². The van der Waals surface area contributed by atoms with Crippen LogP contribution < -0.4 is 5.56 Å². The molecule has 6 heteroatoms. The first-order valence-corrected chi connectivity index (χ1v) is 9.49. The second-order valence-corrected chi connectivity index (χ2v) is 7.98. The van der Waals surface area contributed by atoms with Gasteiger partial charge in [0.25, 0.3) is 5.56 Å². The van der Waals surface area contributed by atoms with Crippen molar-refractivity contribution in [1.82, 2.24) is 15.0 Å². The number of pyridine rings is 1. The fraction of sp³-hybridized carbons (Fsp3) is 0.429. The van der Waals surface area contributed by atoms with Gasteiger partial charge >= 0.3 is 0 Å². The average Bonchev–Trinajstić information content (AvgIpc) is 2.60. The molecule has 144 valence electrons. The molecule has 0 fully saturated rings. The van der Waals surface area contributed by atoms with Crippen LogP contribution in [-0.4, -0.2) is 20.7 Å².